The Morgan fingerprint density at radius 1 is 1.06 bits per heavy atom. The zero-order valence-electron chi connectivity index (χ0n) is 18.4. The van der Waals surface area contributed by atoms with Gasteiger partial charge in [-0.1, -0.05) is 57.9 Å². The number of aliphatic imine (C=N–C) groups is 1. The number of phenols is 1. The monoisotopic (exact) mass is 494 g/mol. The first-order valence-electron chi connectivity index (χ1n) is 10.7. The molecule has 0 bridgehead atoms. The van der Waals surface area contributed by atoms with Crippen molar-refractivity contribution in [3.63, 3.8) is 0 Å². The Bertz CT molecular complexity index is 1130. The van der Waals surface area contributed by atoms with Gasteiger partial charge < -0.3 is 14.6 Å². The molecule has 32 heavy (non-hydrogen) atoms. The molecule has 0 saturated carbocycles. The number of nitrogens with one attached hydrogen (secondary N) is 1. The number of halogens is 1. The molecule has 0 unspecified atom stereocenters. The topological polar surface area (TPSA) is 63.1 Å². The van der Waals surface area contributed by atoms with Crippen LogP contribution < -0.4 is 14.8 Å². The molecule has 3 aromatic rings. The van der Waals surface area contributed by atoms with Crippen LogP contribution in [0.2, 0.25) is 0 Å². The van der Waals surface area contributed by atoms with Crippen LogP contribution in [-0.4, -0.2) is 24.5 Å². The summed E-state index contributed by atoms with van der Waals surface area (Å²) >= 11 is 3.57. The van der Waals surface area contributed by atoms with Crippen LogP contribution in [0.1, 0.15) is 47.8 Å². The van der Waals surface area contributed by atoms with E-state index in [0.717, 1.165) is 32.6 Å². The molecule has 166 valence electrons. The highest BCUT2D eigenvalue weighted by molar-refractivity contribution is 9.10. The number of ether oxygens (including phenoxy) is 2. The summed E-state index contributed by atoms with van der Waals surface area (Å²) in [5, 5.41) is 14.5. The zero-order chi connectivity index (χ0) is 22.7. The average molecular weight is 495 g/mol. The van der Waals surface area contributed by atoms with Gasteiger partial charge in [-0.15, -0.1) is 0 Å². The highest BCUT2D eigenvalue weighted by atomic mass is 79.9. The number of aryl methyl sites for hydroxylation is 1. The molecule has 0 spiro atoms. The van der Waals surface area contributed by atoms with Crippen molar-refractivity contribution in [2.24, 2.45) is 4.99 Å². The van der Waals surface area contributed by atoms with Crippen molar-refractivity contribution in [3.8, 4) is 17.2 Å². The molecule has 4 rings (SSSR count). The van der Waals surface area contributed by atoms with Gasteiger partial charge in [0.1, 0.15) is 11.9 Å². The van der Waals surface area contributed by atoms with E-state index in [2.05, 4.69) is 52.4 Å². The molecule has 6 heteroatoms. The standard InChI is InChI=1S/C26H27BrN2O3/c1-4-32-24-7-5-6-19(25(24)30)22-15-21(17-10-8-16(2)9-11-17)28-26(29-22)20-14-18(27)12-13-23(20)31-3/h5-14,22,26,29-30H,4,15H2,1-3H3/t22-,26-/m0/s1. The van der Waals surface area contributed by atoms with Gasteiger partial charge in [0.05, 0.1) is 13.7 Å². The van der Waals surface area contributed by atoms with Crippen molar-refractivity contribution in [1.82, 2.24) is 5.32 Å². The maximum atomic E-state index is 10.9. The molecule has 0 aromatic heterocycles. The second-order valence-electron chi connectivity index (χ2n) is 7.78. The molecule has 0 aliphatic carbocycles. The van der Waals surface area contributed by atoms with Gasteiger partial charge in [-0.3, -0.25) is 10.3 Å². The number of benzene rings is 3. The molecule has 2 N–H and O–H groups in total. The van der Waals surface area contributed by atoms with E-state index in [1.54, 1.807) is 13.2 Å². The van der Waals surface area contributed by atoms with Gasteiger partial charge in [-0.05, 0) is 43.7 Å². The molecule has 1 heterocycles. The van der Waals surface area contributed by atoms with E-state index < -0.39 is 0 Å². The molecule has 1 aliphatic rings. The second-order valence-corrected chi connectivity index (χ2v) is 8.70. The van der Waals surface area contributed by atoms with E-state index in [9.17, 15) is 5.11 Å². The van der Waals surface area contributed by atoms with Crippen LogP contribution >= 0.6 is 15.9 Å². The van der Waals surface area contributed by atoms with Crippen molar-refractivity contribution in [2.75, 3.05) is 13.7 Å². The Kier molecular flexibility index (Phi) is 6.82. The number of phenolic OH excluding ortho intramolecular Hbond substituents is 1. The number of hydrogen-bond acceptors (Lipinski definition) is 5. The number of aromatic hydroxyl groups is 1. The number of methoxy groups -OCH3 is 1. The summed E-state index contributed by atoms with van der Waals surface area (Å²) in [7, 11) is 1.66. The van der Waals surface area contributed by atoms with Gasteiger partial charge in [0, 0.05) is 33.8 Å². The molecule has 5 nitrogen and oxygen atoms in total. The van der Waals surface area contributed by atoms with E-state index >= 15 is 0 Å². The van der Waals surface area contributed by atoms with Gasteiger partial charge in [0.2, 0.25) is 0 Å². The minimum absolute atomic E-state index is 0.155. The summed E-state index contributed by atoms with van der Waals surface area (Å²) in [6, 6.07) is 19.8. The Balaban J connectivity index is 1.80. The third-order valence-electron chi connectivity index (χ3n) is 5.62. The lowest BCUT2D eigenvalue weighted by atomic mass is 9.93. The number of nitrogens with zero attached hydrogens (tertiary/aromatic N) is 1. The Morgan fingerprint density at radius 3 is 2.56 bits per heavy atom. The van der Waals surface area contributed by atoms with Crippen LogP contribution in [0.5, 0.6) is 17.2 Å². The first kappa shape index (κ1) is 22.4. The highest BCUT2D eigenvalue weighted by Crippen LogP contribution is 2.40. The van der Waals surface area contributed by atoms with Gasteiger partial charge in [0.25, 0.3) is 0 Å². The predicted octanol–water partition coefficient (Wildman–Crippen LogP) is 6.09. The van der Waals surface area contributed by atoms with Gasteiger partial charge in [-0.2, -0.15) is 0 Å². The van der Waals surface area contributed by atoms with Crippen LogP contribution in [0.15, 0.2) is 70.1 Å². The molecule has 3 aromatic carbocycles. The van der Waals surface area contributed by atoms with Crippen molar-refractivity contribution >= 4 is 21.6 Å². The Labute approximate surface area is 197 Å². The average Bonchev–Trinajstić information content (AvgIpc) is 2.80. The quantitative estimate of drug-likeness (QED) is 0.434. The fraction of sp³-hybridized carbons (Fsp3) is 0.269. The third kappa shape index (κ3) is 4.66. The molecule has 0 saturated heterocycles. The molecule has 0 amide bonds. The van der Waals surface area contributed by atoms with E-state index in [-0.39, 0.29) is 18.0 Å². The first-order chi connectivity index (χ1) is 15.5. The number of para-hydroxylation sites is 1. The van der Waals surface area contributed by atoms with Crippen LogP contribution in [0.4, 0.5) is 0 Å². The molecule has 1 aliphatic heterocycles. The summed E-state index contributed by atoms with van der Waals surface area (Å²) in [6.45, 7) is 4.47. The zero-order valence-corrected chi connectivity index (χ0v) is 20.0. The normalized spacial score (nSPS) is 18.2. The maximum absolute atomic E-state index is 10.9. The summed E-state index contributed by atoms with van der Waals surface area (Å²) in [5.74, 6) is 1.41. The summed E-state index contributed by atoms with van der Waals surface area (Å²) in [6.07, 6.45) is 0.298. The van der Waals surface area contributed by atoms with Crippen LogP contribution in [0.25, 0.3) is 0 Å². The van der Waals surface area contributed by atoms with E-state index in [1.807, 2.05) is 37.3 Å². The molecule has 2 atom stereocenters. The van der Waals surface area contributed by atoms with Crippen LogP contribution in [0, 0.1) is 6.92 Å². The highest BCUT2D eigenvalue weighted by Gasteiger charge is 2.30. The van der Waals surface area contributed by atoms with Crippen molar-refractivity contribution < 1.29 is 14.6 Å². The second kappa shape index (κ2) is 9.76. The fourth-order valence-electron chi connectivity index (χ4n) is 4.00. The summed E-state index contributed by atoms with van der Waals surface area (Å²) in [5.41, 5.74) is 4.96. The van der Waals surface area contributed by atoms with Crippen LogP contribution in [0.3, 0.4) is 0 Å². The smallest absolute Gasteiger partial charge is 0.162 e. The lowest BCUT2D eigenvalue weighted by Gasteiger charge is -2.32. The molecule has 0 radical (unpaired) electrons. The molecule has 0 fully saturated rings. The molecular weight excluding hydrogens is 468 g/mol. The molecular formula is C26H27BrN2O3. The Morgan fingerprint density at radius 2 is 1.84 bits per heavy atom. The number of rotatable bonds is 6. The minimum Gasteiger partial charge on any atom is -0.504 e. The van der Waals surface area contributed by atoms with Crippen molar-refractivity contribution in [2.45, 2.75) is 32.5 Å². The van der Waals surface area contributed by atoms with Crippen molar-refractivity contribution in [1.29, 1.82) is 0 Å². The fourth-order valence-corrected chi connectivity index (χ4v) is 4.38. The van der Waals surface area contributed by atoms with E-state index in [1.165, 1.54) is 5.56 Å². The van der Waals surface area contributed by atoms with E-state index in [0.29, 0.717) is 18.8 Å². The lowest BCUT2D eigenvalue weighted by Crippen LogP contribution is -2.33. The summed E-state index contributed by atoms with van der Waals surface area (Å²) < 4.78 is 12.2. The third-order valence-corrected chi connectivity index (χ3v) is 6.11. The van der Waals surface area contributed by atoms with Gasteiger partial charge in [0.15, 0.2) is 11.5 Å². The van der Waals surface area contributed by atoms with Gasteiger partial charge >= 0.3 is 0 Å². The van der Waals surface area contributed by atoms with Crippen LogP contribution in [-0.2, 0) is 0 Å². The minimum atomic E-state index is -0.340. The van der Waals surface area contributed by atoms with E-state index in [4.69, 9.17) is 14.5 Å². The van der Waals surface area contributed by atoms with Crippen molar-refractivity contribution in [3.05, 3.63) is 87.4 Å². The largest absolute Gasteiger partial charge is 0.504 e. The lowest BCUT2D eigenvalue weighted by molar-refractivity contribution is 0.313. The number of hydrogen-bond donors (Lipinski definition) is 2. The SMILES string of the molecule is CCOc1cccc([C@@H]2CC(c3ccc(C)cc3)=N[C@H](c3cc(Br)ccc3OC)N2)c1O. The van der Waals surface area contributed by atoms with Gasteiger partial charge in [-0.25, -0.2) is 0 Å². The summed E-state index contributed by atoms with van der Waals surface area (Å²) in [4.78, 5) is 5.06. The first-order valence-corrected chi connectivity index (χ1v) is 11.5. The Hall–Kier alpha value is -2.83. The predicted molar refractivity (Wildman–Crippen MR) is 131 cm³/mol. The maximum Gasteiger partial charge on any atom is 0.162 e.